The topological polar surface area (TPSA) is 83.4 Å². The van der Waals surface area contributed by atoms with Gasteiger partial charge in [-0.3, -0.25) is 0 Å². The third-order valence-corrected chi connectivity index (χ3v) is 1.72. The van der Waals surface area contributed by atoms with E-state index in [1.807, 2.05) is 18.2 Å². The van der Waals surface area contributed by atoms with Crippen molar-refractivity contribution in [2.24, 2.45) is 5.92 Å². The number of allylic oxidation sites excluding steroid dienone is 2. The summed E-state index contributed by atoms with van der Waals surface area (Å²) in [6, 6.07) is 5.13. The Balaban J connectivity index is 2.91. The first-order chi connectivity index (χ1) is 6.33. The summed E-state index contributed by atoms with van der Waals surface area (Å²) < 4.78 is 0. The monoisotopic (exact) mass is 170 g/mol. The number of nitriles is 3. The van der Waals surface area contributed by atoms with Crippen LogP contribution in [0.3, 0.4) is 0 Å². The van der Waals surface area contributed by atoms with E-state index in [1.54, 1.807) is 18.4 Å². The highest BCUT2D eigenvalue weighted by atomic mass is 14.9. The highest BCUT2D eigenvalue weighted by Gasteiger charge is 2.24. The predicted octanol–water partition coefficient (Wildman–Crippen LogP) is 0.585. The van der Waals surface area contributed by atoms with Gasteiger partial charge in [0.1, 0.15) is 0 Å². The summed E-state index contributed by atoms with van der Waals surface area (Å²) in [4.78, 5) is 0. The van der Waals surface area contributed by atoms with Crippen LogP contribution in [-0.2, 0) is 0 Å². The third kappa shape index (κ3) is 1.67. The molecular weight excluding hydrogens is 164 g/mol. The quantitative estimate of drug-likeness (QED) is 0.624. The number of hydrogen-bond acceptors (Lipinski definition) is 4. The smallest absolute Gasteiger partial charge is 0.158 e. The molecule has 0 fully saturated rings. The Hall–Kier alpha value is -2.25. The first kappa shape index (κ1) is 8.84. The zero-order valence-corrected chi connectivity index (χ0v) is 6.73. The summed E-state index contributed by atoms with van der Waals surface area (Å²) in [5, 5.41) is 28.7. The van der Waals surface area contributed by atoms with Gasteiger partial charge in [0.25, 0.3) is 0 Å². The fourth-order valence-corrected chi connectivity index (χ4v) is 1.06. The molecule has 4 nitrogen and oxygen atoms in total. The van der Waals surface area contributed by atoms with Crippen molar-refractivity contribution in [2.75, 3.05) is 0 Å². The molecule has 0 saturated carbocycles. The zero-order valence-electron chi connectivity index (χ0n) is 6.73. The summed E-state index contributed by atoms with van der Waals surface area (Å²) >= 11 is 0. The lowest BCUT2D eigenvalue weighted by molar-refractivity contribution is 0.603. The molecule has 1 aliphatic rings. The molecule has 1 heterocycles. The van der Waals surface area contributed by atoms with Gasteiger partial charge in [-0.2, -0.15) is 15.8 Å². The second kappa shape index (κ2) is 3.95. The molecule has 1 unspecified atom stereocenters. The van der Waals surface area contributed by atoms with Crippen LogP contribution in [0.2, 0.25) is 0 Å². The molecule has 0 aromatic rings. The van der Waals surface area contributed by atoms with E-state index >= 15 is 0 Å². The van der Waals surface area contributed by atoms with Gasteiger partial charge in [0.15, 0.2) is 5.92 Å². The number of nitrogens with zero attached hydrogens (tertiary/aromatic N) is 3. The maximum Gasteiger partial charge on any atom is 0.158 e. The van der Waals surface area contributed by atoms with Crippen molar-refractivity contribution >= 4 is 0 Å². The molecule has 62 valence electrons. The van der Waals surface area contributed by atoms with Crippen LogP contribution in [0.1, 0.15) is 0 Å². The average molecular weight is 170 g/mol. The second-order valence-electron chi connectivity index (χ2n) is 2.47. The van der Waals surface area contributed by atoms with Crippen molar-refractivity contribution in [2.45, 2.75) is 6.04 Å². The minimum absolute atomic E-state index is 0.413. The largest absolute Gasteiger partial charge is 0.381 e. The van der Waals surface area contributed by atoms with E-state index < -0.39 is 12.0 Å². The second-order valence-corrected chi connectivity index (χ2v) is 2.47. The van der Waals surface area contributed by atoms with Crippen molar-refractivity contribution in [1.82, 2.24) is 5.32 Å². The molecule has 0 amide bonds. The van der Waals surface area contributed by atoms with Crippen LogP contribution >= 0.6 is 0 Å². The van der Waals surface area contributed by atoms with E-state index in [1.165, 1.54) is 0 Å². The molecule has 0 radical (unpaired) electrons. The molecule has 0 bridgehead atoms. The highest BCUT2D eigenvalue weighted by Crippen LogP contribution is 2.14. The lowest BCUT2D eigenvalue weighted by Gasteiger charge is -2.18. The van der Waals surface area contributed by atoms with Crippen molar-refractivity contribution in [3.63, 3.8) is 0 Å². The van der Waals surface area contributed by atoms with Crippen LogP contribution in [0.5, 0.6) is 0 Å². The highest BCUT2D eigenvalue weighted by molar-refractivity contribution is 5.37. The number of rotatable bonds is 1. The average Bonchev–Trinajstić information content (AvgIpc) is 2.20. The van der Waals surface area contributed by atoms with Gasteiger partial charge in [-0.05, 0) is 18.4 Å². The lowest BCUT2D eigenvalue weighted by Crippen LogP contribution is -2.34. The van der Waals surface area contributed by atoms with Crippen LogP contribution < -0.4 is 5.32 Å². The lowest BCUT2D eigenvalue weighted by atomic mass is 9.94. The first-order valence-corrected chi connectivity index (χ1v) is 3.65. The molecule has 0 aliphatic carbocycles. The van der Waals surface area contributed by atoms with Crippen LogP contribution in [0.4, 0.5) is 0 Å². The maximum atomic E-state index is 8.69. The van der Waals surface area contributed by atoms with E-state index in [2.05, 4.69) is 5.32 Å². The van der Waals surface area contributed by atoms with Crippen molar-refractivity contribution in [3.8, 4) is 18.2 Å². The Bertz CT molecular complexity index is 358. The van der Waals surface area contributed by atoms with E-state index in [9.17, 15) is 0 Å². The molecule has 0 aromatic heterocycles. The summed E-state index contributed by atoms with van der Waals surface area (Å²) in [7, 11) is 0. The van der Waals surface area contributed by atoms with Crippen LogP contribution in [0.15, 0.2) is 23.9 Å². The van der Waals surface area contributed by atoms with Gasteiger partial charge in [0.2, 0.25) is 0 Å². The number of nitrogens with one attached hydrogen (secondary N) is 1. The van der Waals surface area contributed by atoms with E-state index in [-0.39, 0.29) is 0 Å². The Kier molecular flexibility index (Phi) is 2.69. The first-order valence-electron chi connectivity index (χ1n) is 3.65. The summed E-state index contributed by atoms with van der Waals surface area (Å²) in [6.07, 6.45) is 4.89. The van der Waals surface area contributed by atoms with Crippen LogP contribution in [-0.4, -0.2) is 6.04 Å². The fraction of sp³-hybridized carbons (Fsp3) is 0.222. The zero-order chi connectivity index (χ0) is 9.68. The summed E-state index contributed by atoms with van der Waals surface area (Å²) in [5.74, 6) is -0.823. The minimum Gasteiger partial charge on any atom is -0.381 e. The molecule has 13 heavy (non-hydrogen) atoms. The fourth-order valence-electron chi connectivity index (χ4n) is 1.06. The van der Waals surface area contributed by atoms with E-state index in [0.717, 1.165) is 0 Å². The normalized spacial score (nSPS) is 19.2. The molecule has 0 aromatic carbocycles. The molecule has 1 rings (SSSR count). The molecular formula is C9H6N4. The van der Waals surface area contributed by atoms with Gasteiger partial charge in [-0.25, -0.2) is 0 Å². The van der Waals surface area contributed by atoms with Gasteiger partial charge in [-0.15, -0.1) is 0 Å². The molecule has 0 spiro atoms. The Morgan fingerprint density at radius 3 is 2.54 bits per heavy atom. The van der Waals surface area contributed by atoms with Crippen LogP contribution in [0.25, 0.3) is 0 Å². The summed E-state index contributed by atoms with van der Waals surface area (Å²) in [5.41, 5.74) is 0.413. The van der Waals surface area contributed by atoms with Crippen molar-refractivity contribution in [3.05, 3.63) is 23.9 Å². The standard InChI is InChI=1S/C9H6N4/c10-4-7-2-1-3-13-9(7)8(5-11)6-12/h1-3,8-9,13H. The molecule has 1 atom stereocenters. The predicted molar refractivity (Wildman–Crippen MR) is 44.5 cm³/mol. The van der Waals surface area contributed by atoms with E-state index in [4.69, 9.17) is 15.8 Å². The minimum atomic E-state index is -0.823. The van der Waals surface area contributed by atoms with Gasteiger partial charge >= 0.3 is 0 Å². The summed E-state index contributed by atoms with van der Waals surface area (Å²) in [6.45, 7) is 0. The number of dihydropyridines is 1. The number of hydrogen-bond donors (Lipinski definition) is 1. The Labute approximate surface area is 76.0 Å². The van der Waals surface area contributed by atoms with Crippen molar-refractivity contribution in [1.29, 1.82) is 15.8 Å². The molecule has 1 aliphatic heterocycles. The maximum absolute atomic E-state index is 8.69. The third-order valence-electron chi connectivity index (χ3n) is 1.72. The van der Waals surface area contributed by atoms with Gasteiger partial charge in [0.05, 0.1) is 29.8 Å². The SMILES string of the molecule is N#CC1=CC=CNC1C(C#N)C#N. The molecule has 4 heteroatoms. The Morgan fingerprint density at radius 2 is 2.00 bits per heavy atom. The molecule has 1 N–H and O–H groups in total. The van der Waals surface area contributed by atoms with Gasteiger partial charge in [-0.1, -0.05) is 0 Å². The van der Waals surface area contributed by atoms with Crippen LogP contribution in [0, 0.1) is 39.9 Å². The molecule has 0 saturated heterocycles. The van der Waals surface area contributed by atoms with Gasteiger partial charge < -0.3 is 5.32 Å². The van der Waals surface area contributed by atoms with Crippen molar-refractivity contribution < 1.29 is 0 Å². The van der Waals surface area contributed by atoms with Gasteiger partial charge in [0, 0.05) is 0 Å². The Morgan fingerprint density at radius 1 is 1.31 bits per heavy atom. The van der Waals surface area contributed by atoms with E-state index in [0.29, 0.717) is 5.57 Å².